The van der Waals surface area contributed by atoms with E-state index in [0.717, 1.165) is 23.3 Å². The Hall–Kier alpha value is -3.82. The molecule has 0 saturated heterocycles. The largest absolute Gasteiger partial charge is 0.459 e. The lowest BCUT2D eigenvalue weighted by Gasteiger charge is -2.10. The minimum absolute atomic E-state index is 0.0633. The normalized spacial score (nSPS) is 9.60. The Labute approximate surface area is 173 Å². The van der Waals surface area contributed by atoms with Crippen LogP contribution in [0.2, 0.25) is 0 Å². The maximum Gasteiger partial charge on any atom is 0.407 e. The molecule has 0 aliphatic heterocycles. The SMILES string of the molecule is C=CC(=O)OCCOC(=O)NCc1cccc(CNC(=O)OCCOC(=O)C=C)c1. The summed E-state index contributed by atoms with van der Waals surface area (Å²) in [6.07, 6.45) is 0.716. The summed E-state index contributed by atoms with van der Waals surface area (Å²) in [7, 11) is 0. The van der Waals surface area contributed by atoms with Crippen molar-refractivity contribution in [2.24, 2.45) is 0 Å². The predicted octanol–water partition coefficient (Wildman–Crippen LogP) is 1.60. The van der Waals surface area contributed by atoms with Gasteiger partial charge in [-0.2, -0.15) is 0 Å². The van der Waals surface area contributed by atoms with E-state index in [1.54, 1.807) is 24.3 Å². The average molecular weight is 420 g/mol. The summed E-state index contributed by atoms with van der Waals surface area (Å²) in [5, 5.41) is 5.12. The lowest BCUT2D eigenvalue weighted by atomic mass is 10.1. The van der Waals surface area contributed by atoms with E-state index in [2.05, 4.69) is 33.3 Å². The first-order valence-corrected chi connectivity index (χ1v) is 8.92. The molecule has 30 heavy (non-hydrogen) atoms. The number of benzene rings is 1. The molecule has 0 aromatic heterocycles. The van der Waals surface area contributed by atoms with E-state index in [0.29, 0.717) is 0 Å². The van der Waals surface area contributed by atoms with Crippen LogP contribution in [0.1, 0.15) is 11.1 Å². The van der Waals surface area contributed by atoms with E-state index in [-0.39, 0.29) is 39.5 Å². The summed E-state index contributed by atoms with van der Waals surface area (Å²) in [6, 6.07) is 7.15. The summed E-state index contributed by atoms with van der Waals surface area (Å²) < 4.78 is 19.1. The van der Waals surface area contributed by atoms with E-state index in [1.165, 1.54) is 0 Å². The van der Waals surface area contributed by atoms with Gasteiger partial charge in [-0.05, 0) is 11.1 Å². The van der Waals surface area contributed by atoms with Crippen LogP contribution in [-0.2, 0) is 41.6 Å². The monoisotopic (exact) mass is 420 g/mol. The van der Waals surface area contributed by atoms with Crippen LogP contribution in [0.3, 0.4) is 0 Å². The van der Waals surface area contributed by atoms with Gasteiger partial charge < -0.3 is 29.6 Å². The van der Waals surface area contributed by atoms with Crippen LogP contribution in [0.5, 0.6) is 0 Å². The van der Waals surface area contributed by atoms with Crippen LogP contribution in [0.25, 0.3) is 0 Å². The van der Waals surface area contributed by atoms with Crippen LogP contribution in [-0.4, -0.2) is 50.6 Å². The molecule has 1 aromatic rings. The highest BCUT2D eigenvalue weighted by atomic mass is 16.6. The number of hydrogen-bond acceptors (Lipinski definition) is 8. The van der Waals surface area contributed by atoms with Crippen molar-refractivity contribution >= 4 is 24.1 Å². The molecular weight excluding hydrogens is 396 g/mol. The first-order valence-electron chi connectivity index (χ1n) is 8.92. The first-order chi connectivity index (χ1) is 14.4. The summed E-state index contributed by atoms with van der Waals surface area (Å²) in [4.78, 5) is 44.9. The summed E-state index contributed by atoms with van der Waals surface area (Å²) in [6.45, 7) is 6.63. The number of nitrogens with one attached hydrogen (secondary N) is 2. The lowest BCUT2D eigenvalue weighted by Crippen LogP contribution is -2.26. The summed E-state index contributed by atoms with van der Waals surface area (Å²) >= 11 is 0. The van der Waals surface area contributed by atoms with Gasteiger partial charge in [-0.1, -0.05) is 37.4 Å². The Balaban J connectivity index is 2.27. The molecule has 2 amide bonds. The van der Waals surface area contributed by atoms with Crippen molar-refractivity contribution in [3.63, 3.8) is 0 Å². The maximum atomic E-state index is 11.6. The second kappa shape index (κ2) is 14.2. The molecule has 10 heteroatoms. The van der Waals surface area contributed by atoms with E-state index < -0.39 is 24.1 Å². The number of alkyl carbamates (subject to hydrolysis) is 2. The molecule has 2 N–H and O–H groups in total. The van der Waals surface area contributed by atoms with Crippen LogP contribution in [0, 0.1) is 0 Å². The third-order valence-corrected chi connectivity index (χ3v) is 3.32. The van der Waals surface area contributed by atoms with Gasteiger partial charge in [0.2, 0.25) is 0 Å². The van der Waals surface area contributed by atoms with Crippen LogP contribution in [0.15, 0.2) is 49.6 Å². The Morgan fingerprint density at radius 2 is 1.13 bits per heavy atom. The minimum atomic E-state index is -0.658. The quantitative estimate of drug-likeness (QED) is 0.226. The van der Waals surface area contributed by atoms with E-state index in [9.17, 15) is 19.2 Å². The smallest absolute Gasteiger partial charge is 0.407 e. The maximum absolute atomic E-state index is 11.6. The van der Waals surface area contributed by atoms with Gasteiger partial charge in [-0.25, -0.2) is 19.2 Å². The first kappa shape index (κ1) is 24.2. The van der Waals surface area contributed by atoms with Crippen molar-refractivity contribution in [2.45, 2.75) is 13.1 Å². The molecule has 0 unspecified atom stereocenters. The zero-order valence-electron chi connectivity index (χ0n) is 16.4. The molecule has 0 bridgehead atoms. The zero-order chi connectivity index (χ0) is 22.2. The van der Waals surface area contributed by atoms with Crippen LogP contribution >= 0.6 is 0 Å². The van der Waals surface area contributed by atoms with E-state index >= 15 is 0 Å². The number of ether oxygens (including phenoxy) is 4. The molecule has 162 valence electrons. The molecule has 0 fully saturated rings. The molecule has 10 nitrogen and oxygen atoms in total. The van der Waals surface area contributed by atoms with Crippen molar-refractivity contribution < 1.29 is 38.1 Å². The van der Waals surface area contributed by atoms with Gasteiger partial charge in [0.25, 0.3) is 0 Å². The molecule has 1 aromatic carbocycles. The number of carbonyl (C=O) groups excluding carboxylic acids is 4. The highest BCUT2D eigenvalue weighted by molar-refractivity contribution is 5.81. The fraction of sp³-hybridized carbons (Fsp3) is 0.300. The van der Waals surface area contributed by atoms with Gasteiger partial charge in [-0.15, -0.1) is 0 Å². The van der Waals surface area contributed by atoms with Gasteiger partial charge in [0.15, 0.2) is 0 Å². The molecule has 0 radical (unpaired) electrons. The topological polar surface area (TPSA) is 129 Å². The van der Waals surface area contributed by atoms with Crippen molar-refractivity contribution in [2.75, 3.05) is 26.4 Å². The Kier molecular flexibility index (Phi) is 11.5. The number of rotatable bonds is 12. The van der Waals surface area contributed by atoms with Gasteiger partial charge in [0.1, 0.15) is 26.4 Å². The summed E-state index contributed by atoms with van der Waals surface area (Å²) in [5.74, 6) is -1.19. The average Bonchev–Trinajstić information content (AvgIpc) is 2.76. The van der Waals surface area contributed by atoms with Crippen molar-refractivity contribution in [1.82, 2.24) is 10.6 Å². The molecular formula is C20H24N2O8. The standard InChI is InChI=1S/C20H24N2O8/c1-3-17(23)27-8-10-29-19(25)21-13-15-6-5-7-16(12-15)14-22-20(26)30-11-9-28-18(24)4-2/h3-7,12H,1-2,8-11,13-14H2,(H,21,25)(H,22,26). The Morgan fingerprint density at radius 3 is 1.53 bits per heavy atom. The molecule has 0 saturated carbocycles. The fourth-order valence-electron chi connectivity index (χ4n) is 1.97. The third-order valence-electron chi connectivity index (χ3n) is 3.32. The Morgan fingerprint density at radius 1 is 0.733 bits per heavy atom. The van der Waals surface area contributed by atoms with Gasteiger partial charge in [0, 0.05) is 25.2 Å². The van der Waals surface area contributed by atoms with Gasteiger partial charge >= 0.3 is 24.1 Å². The molecule has 0 spiro atoms. The molecule has 0 atom stereocenters. The van der Waals surface area contributed by atoms with E-state index in [4.69, 9.17) is 9.47 Å². The number of carbonyl (C=O) groups is 4. The molecule has 1 rings (SSSR count). The highest BCUT2D eigenvalue weighted by Gasteiger charge is 2.06. The number of esters is 2. The fourth-order valence-corrected chi connectivity index (χ4v) is 1.97. The highest BCUT2D eigenvalue weighted by Crippen LogP contribution is 2.05. The third kappa shape index (κ3) is 11.1. The second-order valence-electron chi connectivity index (χ2n) is 5.54. The lowest BCUT2D eigenvalue weighted by molar-refractivity contribution is -0.139. The number of hydrogen-bond donors (Lipinski definition) is 2. The molecule has 0 heterocycles. The van der Waals surface area contributed by atoms with Crippen molar-refractivity contribution in [1.29, 1.82) is 0 Å². The zero-order valence-corrected chi connectivity index (χ0v) is 16.4. The van der Waals surface area contributed by atoms with E-state index in [1.807, 2.05) is 0 Å². The summed E-state index contributed by atoms with van der Waals surface area (Å²) in [5.41, 5.74) is 1.57. The number of amides is 2. The molecule has 0 aliphatic rings. The van der Waals surface area contributed by atoms with Gasteiger partial charge in [0.05, 0.1) is 0 Å². The Bertz CT molecular complexity index is 704. The second-order valence-corrected chi connectivity index (χ2v) is 5.54. The van der Waals surface area contributed by atoms with Crippen LogP contribution in [0.4, 0.5) is 9.59 Å². The van der Waals surface area contributed by atoms with Crippen molar-refractivity contribution in [3.8, 4) is 0 Å². The minimum Gasteiger partial charge on any atom is -0.459 e. The predicted molar refractivity (Wildman–Crippen MR) is 105 cm³/mol. The van der Waals surface area contributed by atoms with Gasteiger partial charge in [-0.3, -0.25) is 0 Å². The molecule has 0 aliphatic carbocycles. The van der Waals surface area contributed by atoms with Crippen LogP contribution < -0.4 is 10.6 Å². The van der Waals surface area contributed by atoms with Crippen molar-refractivity contribution in [3.05, 3.63) is 60.7 Å².